The molecule has 2 aromatic heterocycles. The van der Waals surface area contributed by atoms with Gasteiger partial charge in [-0.25, -0.2) is 14.8 Å². The van der Waals surface area contributed by atoms with Gasteiger partial charge in [0.05, 0.1) is 0 Å². The third-order valence-corrected chi connectivity index (χ3v) is 7.10. The van der Waals surface area contributed by atoms with Crippen molar-refractivity contribution in [3.05, 3.63) is 29.9 Å². The summed E-state index contributed by atoms with van der Waals surface area (Å²) in [5, 5.41) is 4.15. The van der Waals surface area contributed by atoms with Gasteiger partial charge in [-0.3, -0.25) is 4.79 Å². The molecule has 11 nitrogen and oxygen atoms in total. The molecular formula is C28H42N8O3. The van der Waals surface area contributed by atoms with Gasteiger partial charge in [0.2, 0.25) is 5.95 Å². The highest BCUT2D eigenvalue weighted by atomic mass is 16.6. The van der Waals surface area contributed by atoms with Crippen molar-refractivity contribution in [3.8, 4) is 0 Å². The number of hydrogen-bond donors (Lipinski definition) is 1. The van der Waals surface area contributed by atoms with E-state index in [0.29, 0.717) is 31.2 Å². The monoisotopic (exact) mass is 538 g/mol. The molecule has 1 saturated carbocycles. The largest absolute Gasteiger partial charge is 0.444 e. The third-order valence-electron chi connectivity index (χ3n) is 7.10. The Hall–Kier alpha value is -3.63. The van der Waals surface area contributed by atoms with Crippen molar-refractivity contribution in [1.82, 2.24) is 29.2 Å². The molecule has 39 heavy (non-hydrogen) atoms. The number of carbonyl (C=O) groups is 2. The van der Waals surface area contributed by atoms with Crippen molar-refractivity contribution in [2.75, 3.05) is 46.6 Å². The van der Waals surface area contributed by atoms with E-state index in [0.717, 1.165) is 54.7 Å². The molecule has 11 heteroatoms. The highest BCUT2D eigenvalue weighted by Crippen LogP contribution is 2.34. The molecule has 3 heterocycles. The fourth-order valence-corrected chi connectivity index (χ4v) is 4.91. The summed E-state index contributed by atoms with van der Waals surface area (Å²) in [5.74, 6) is 1.25. The zero-order valence-corrected chi connectivity index (χ0v) is 24.3. The number of aliphatic imine (C=N–C) groups is 1. The molecule has 0 radical (unpaired) electrons. The Morgan fingerprint density at radius 1 is 1.10 bits per heavy atom. The van der Waals surface area contributed by atoms with Crippen LogP contribution in [-0.2, 0) is 4.74 Å². The van der Waals surface area contributed by atoms with Crippen LogP contribution >= 0.6 is 0 Å². The number of aromatic nitrogens is 3. The highest BCUT2D eigenvalue weighted by Gasteiger charge is 2.27. The first-order valence-corrected chi connectivity index (χ1v) is 13.7. The van der Waals surface area contributed by atoms with E-state index in [4.69, 9.17) is 9.72 Å². The van der Waals surface area contributed by atoms with E-state index in [1.165, 1.54) is 0 Å². The van der Waals surface area contributed by atoms with E-state index in [2.05, 4.69) is 24.8 Å². The van der Waals surface area contributed by atoms with Crippen molar-refractivity contribution in [3.63, 3.8) is 0 Å². The van der Waals surface area contributed by atoms with Crippen LogP contribution < -0.4 is 5.32 Å². The van der Waals surface area contributed by atoms with Crippen LogP contribution in [-0.4, -0.2) is 94.0 Å². The first-order chi connectivity index (χ1) is 18.4. The molecule has 212 valence electrons. The molecule has 2 aliphatic rings. The van der Waals surface area contributed by atoms with Crippen LogP contribution in [0.25, 0.3) is 11.0 Å². The number of hydrogen-bond acceptors (Lipinski definition) is 8. The van der Waals surface area contributed by atoms with Crippen LogP contribution in [0, 0.1) is 0 Å². The van der Waals surface area contributed by atoms with Crippen LogP contribution in [0.15, 0.2) is 29.2 Å². The first kappa shape index (κ1) is 28.4. The van der Waals surface area contributed by atoms with Crippen LogP contribution in [0.2, 0.25) is 0 Å². The van der Waals surface area contributed by atoms with Gasteiger partial charge in [0, 0.05) is 77.2 Å². The van der Waals surface area contributed by atoms with Crippen LogP contribution in [0.4, 0.5) is 10.7 Å². The highest BCUT2D eigenvalue weighted by molar-refractivity contribution is 5.99. The number of anilines is 1. The molecule has 0 unspecified atom stereocenters. The second-order valence-corrected chi connectivity index (χ2v) is 11.7. The van der Waals surface area contributed by atoms with Gasteiger partial charge in [0.1, 0.15) is 22.8 Å². The lowest BCUT2D eigenvalue weighted by Crippen LogP contribution is -2.38. The number of fused-ring (bicyclic) bond motifs is 1. The summed E-state index contributed by atoms with van der Waals surface area (Å²) in [4.78, 5) is 44.4. The number of amidine groups is 1. The number of rotatable bonds is 7. The molecule has 4 rings (SSSR count). The second kappa shape index (κ2) is 11.6. The van der Waals surface area contributed by atoms with E-state index < -0.39 is 5.60 Å². The van der Waals surface area contributed by atoms with Gasteiger partial charge in [-0.15, -0.1) is 0 Å². The summed E-state index contributed by atoms with van der Waals surface area (Å²) >= 11 is 0. The van der Waals surface area contributed by atoms with Crippen molar-refractivity contribution >= 4 is 34.8 Å². The summed E-state index contributed by atoms with van der Waals surface area (Å²) in [6.45, 7) is 6.80. The Kier molecular flexibility index (Phi) is 8.46. The van der Waals surface area contributed by atoms with Gasteiger partial charge >= 0.3 is 6.09 Å². The van der Waals surface area contributed by atoms with E-state index >= 15 is 0 Å². The fourth-order valence-electron chi connectivity index (χ4n) is 4.91. The predicted molar refractivity (Wildman–Crippen MR) is 153 cm³/mol. The summed E-state index contributed by atoms with van der Waals surface area (Å²) in [7, 11) is 7.30. The molecule has 0 aromatic carbocycles. The van der Waals surface area contributed by atoms with Crippen molar-refractivity contribution in [2.24, 2.45) is 4.99 Å². The Balaban J connectivity index is 1.44. The van der Waals surface area contributed by atoms with Crippen LogP contribution in [0.5, 0.6) is 0 Å². The molecule has 2 aromatic rings. The average Bonchev–Trinajstić information content (AvgIpc) is 3.53. The SMILES string of the molecule is CN(C)C(=O)c1cc2cnc(NC3=NC=C(N(C)CCN(C)C(=O)OC(C)(C)C)CC3)nc2n1C1CCCC1. The lowest BCUT2D eigenvalue weighted by molar-refractivity contribution is 0.0290. The molecule has 0 atom stereocenters. The Bertz CT molecular complexity index is 1270. The molecule has 1 N–H and O–H groups in total. The smallest absolute Gasteiger partial charge is 0.410 e. The molecule has 0 saturated heterocycles. The maximum Gasteiger partial charge on any atom is 0.410 e. The van der Waals surface area contributed by atoms with Gasteiger partial charge in [-0.1, -0.05) is 12.8 Å². The third kappa shape index (κ3) is 6.88. The van der Waals surface area contributed by atoms with Gasteiger partial charge in [0.15, 0.2) is 0 Å². The quantitative estimate of drug-likeness (QED) is 0.553. The van der Waals surface area contributed by atoms with E-state index in [1.54, 1.807) is 37.1 Å². The lowest BCUT2D eigenvalue weighted by atomic mass is 10.2. The van der Waals surface area contributed by atoms with E-state index in [1.807, 2.05) is 40.1 Å². The van der Waals surface area contributed by atoms with Crippen molar-refractivity contribution < 1.29 is 14.3 Å². The molecule has 1 aliphatic heterocycles. The Morgan fingerprint density at radius 3 is 2.44 bits per heavy atom. The van der Waals surface area contributed by atoms with Gasteiger partial charge < -0.3 is 29.3 Å². The van der Waals surface area contributed by atoms with Crippen LogP contribution in [0.3, 0.4) is 0 Å². The summed E-state index contributed by atoms with van der Waals surface area (Å²) in [5.41, 5.74) is 2.03. The van der Waals surface area contributed by atoms with E-state index in [-0.39, 0.29) is 18.0 Å². The number of likely N-dealkylation sites (N-methyl/N-ethyl adjacent to an activating group) is 2. The zero-order valence-electron chi connectivity index (χ0n) is 24.3. The topological polar surface area (TPSA) is 108 Å². The summed E-state index contributed by atoms with van der Waals surface area (Å²) in [6.07, 6.45) is 9.24. The number of carbonyl (C=O) groups excluding carboxylic acids is 2. The van der Waals surface area contributed by atoms with Crippen molar-refractivity contribution in [1.29, 1.82) is 0 Å². The minimum absolute atomic E-state index is 0.0230. The molecule has 0 spiro atoms. The summed E-state index contributed by atoms with van der Waals surface area (Å²) < 4.78 is 7.54. The number of nitrogens with zero attached hydrogens (tertiary/aromatic N) is 7. The lowest BCUT2D eigenvalue weighted by Gasteiger charge is -2.28. The molecule has 0 bridgehead atoms. The normalized spacial score (nSPS) is 16.1. The fraction of sp³-hybridized carbons (Fsp3) is 0.607. The minimum atomic E-state index is -0.513. The molecule has 2 amide bonds. The number of amides is 2. The predicted octanol–water partition coefficient (Wildman–Crippen LogP) is 4.49. The first-order valence-electron chi connectivity index (χ1n) is 13.7. The van der Waals surface area contributed by atoms with Crippen molar-refractivity contribution in [2.45, 2.75) is 70.9 Å². The maximum atomic E-state index is 12.9. The minimum Gasteiger partial charge on any atom is -0.444 e. The second-order valence-electron chi connectivity index (χ2n) is 11.7. The summed E-state index contributed by atoms with van der Waals surface area (Å²) in [6, 6.07) is 2.18. The maximum absolute atomic E-state index is 12.9. The standard InChI is InChI=1S/C28H42N8O3/c1-28(2,3)39-27(38)35(7)15-14-34(6)21-12-13-23(29-18-21)31-26-30-17-19-16-22(25(37)33(4)5)36(24(19)32-26)20-10-8-9-11-20/h16-18,20H,8-15H2,1-7H3,(H,29,30,31,32). The van der Waals surface area contributed by atoms with E-state index in [9.17, 15) is 9.59 Å². The zero-order chi connectivity index (χ0) is 28.3. The Labute approximate surface area is 230 Å². The Morgan fingerprint density at radius 2 is 1.82 bits per heavy atom. The van der Waals surface area contributed by atoms with Gasteiger partial charge in [-0.05, 0) is 46.1 Å². The molecular weight excluding hydrogens is 496 g/mol. The number of ether oxygens (including phenoxy) is 1. The molecule has 1 fully saturated rings. The number of nitrogens with one attached hydrogen (secondary N) is 1. The van der Waals surface area contributed by atoms with Gasteiger partial charge in [-0.2, -0.15) is 4.98 Å². The van der Waals surface area contributed by atoms with Crippen LogP contribution in [0.1, 0.15) is 75.8 Å². The average molecular weight is 539 g/mol. The van der Waals surface area contributed by atoms with Gasteiger partial charge in [0.25, 0.3) is 5.91 Å². The number of allylic oxidation sites excluding steroid dienone is 1. The molecule has 1 aliphatic carbocycles.